The number of benzene rings is 1. The van der Waals surface area contributed by atoms with E-state index in [-0.39, 0.29) is 6.42 Å². The van der Waals surface area contributed by atoms with E-state index < -0.39 is 5.97 Å². The van der Waals surface area contributed by atoms with Gasteiger partial charge in [-0.25, -0.2) is 0 Å². The second kappa shape index (κ2) is 8.30. The number of likely N-dealkylation sites (tertiary alicyclic amines) is 1. The number of piperidine rings is 1. The van der Waals surface area contributed by atoms with E-state index in [0.717, 1.165) is 32.5 Å². The molecule has 1 heterocycles. The molecule has 0 saturated carbocycles. The topological polar surface area (TPSA) is 43.8 Å². The zero-order chi connectivity index (χ0) is 15.9. The van der Waals surface area contributed by atoms with Crippen LogP contribution in [0.3, 0.4) is 0 Å². The van der Waals surface area contributed by atoms with Gasteiger partial charge in [-0.1, -0.05) is 30.3 Å². The molecular weight excluding hydrogens is 276 g/mol. The number of nitrogens with zero attached hydrogens (tertiary/aromatic N) is 2. The highest BCUT2D eigenvalue weighted by Crippen LogP contribution is 2.23. The number of hydrogen-bond acceptors (Lipinski definition) is 3. The average molecular weight is 304 g/mol. The average Bonchev–Trinajstić information content (AvgIpc) is 2.50. The molecule has 1 N–H and O–H groups in total. The Morgan fingerprint density at radius 1 is 1.36 bits per heavy atom. The van der Waals surface area contributed by atoms with Gasteiger partial charge in [-0.3, -0.25) is 9.69 Å². The highest BCUT2D eigenvalue weighted by atomic mass is 16.4. The zero-order valence-electron chi connectivity index (χ0n) is 13.7. The minimum Gasteiger partial charge on any atom is -0.481 e. The van der Waals surface area contributed by atoms with E-state index in [1.807, 2.05) is 0 Å². The molecule has 22 heavy (non-hydrogen) atoms. The van der Waals surface area contributed by atoms with E-state index >= 15 is 0 Å². The molecule has 1 aromatic rings. The third kappa shape index (κ3) is 5.11. The fourth-order valence-electron chi connectivity index (χ4n) is 3.31. The molecule has 1 aromatic carbocycles. The van der Waals surface area contributed by atoms with Gasteiger partial charge in [0.25, 0.3) is 0 Å². The molecule has 1 saturated heterocycles. The molecule has 0 spiro atoms. The molecule has 0 amide bonds. The van der Waals surface area contributed by atoms with Gasteiger partial charge in [-0.15, -0.1) is 0 Å². The van der Waals surface area contributed by atoms with Crippen LogP contribution >= 0.6 is 0 Å². The Bertz CT molecular complexity index is 463. The van der Waals surface area contributed by atoms with E-state index in [4.69, 9.17) is 5.11 Å². The Labute approximate surface area is 133 Å². The van der Waals surface area contributed by atoms with Crippen molar-refractivity contribution in [2.75, 3.05) is 20.1 Å². The van der Waals surface area contributed by atoms with Gasteiger partial charge in [0.05, 0.1) is 0 Å². The molecule has 2 rings (SSSR count). The van der Waals surface area contributed by atoms with Crippen molar-refractivity contribution in [2.24, 2.45) is 0 Å². The van der Waals surface area contributed by atoms with Gasteiger partial charge >= 0.3 is 5.97 Å². The standard InChI is InChI=1S/C18H28N2O2/c1-15-13-17(19(2)11-6-9-18(21)22)10-12-20(15)14-16-7-4-3-5-8-16/h3-5,7-8,15,17H,6,9-14H2,1-2H3,(H,21,22). The van der Waals surface area contributed by atoms with Gasteiger partial charge in [0.2, 0.25) is 0 Å². The summed E-state index contributed by atoms with van der Waals surface area (Å²) in [6, 6.07) is 11.8. The lowest BCUT2D eigenvalue weighted by molar-refractivity contribution is -0.137. The van der Waals surface area contributed by atoms with Crippen molar-refractivity contribution in [1.82, 2.24) is 9.80 Å². The summed E-state index contributed by atoms with van der Waals surface area (Å²) in [6.45, 7) is 5.32. The van der Waals surface area contributed by atoms with Crippen LogP contribution in [0.25, 0.3) is 0 Å². The van der Waals surface area contributed by atoms with Crippen LogP contribution in [0.5, 0.6) is 0 Å². The van der Waals surface area contributed by atoms with E-state index in [1.54, 1.807) is 0 Å². The van der Waals surface area contributed by atoms with Crippen molar-refractivity contribution in [1.29, 1.82) is 0 Å². The van der Waals surface area contributed by atoms with Crippen LogP contribution < -0.4 is 0 Å². The number of hydrogen-bond donors (Lipinski definition) is 1. The third-order valence-electron chi connectivity index (χ3n) is 4.74. The predicted molar refractivity (Wildman–Crippen MR) is 88.8 cm³/mol. The van der Waals surface area contributed by atoms with Crippen LogP contribution in [0, 0.1) is 0 Å². The third-order valence-corrected chi connectivity index (χ3v) is 4.74. The van der Waals surface area contributed by atoms with Crippen molar-refractivity contribution in [3.8, 4) is 0 Å². The Kier molecular flexibility index (Phi) is 6.40. The van der Waals surface area contributed by atoms with E-state index in [0.29, 0.717) is 12.1 Å². The van der Waals surface area contributed by atoms with Crippen molar-refractivity contribution >= 4 is 5.97 Å². The molecule has 0 aliphatic carbocycles. The summed E-state index contributed by atoms with van der Waals surface area (Å²) in [5.41, 5.74) is 1.38. The molecule has 122 valence electrons. The quantitative estimate of drug-likeness (QED) is 0.841. The summed E-state index contributed by atoms with van der Waals surface area (Å²) in [7, 11) is 2.13. The lowest BCUT2D eigenvalue weighted by Gasteiger charge is -2.41. The first-order valence-electron chi connectivity index (χ1n) is 8.26. The Morgan fingerprint density at radius 2 is 2.09 bits per heavy atom. The first-order chi connectivity index (χ1) is 10.6. The van der Waals surface area contributed by atoms with Gasteiger partial charge in [0.15, 0.2) is 0 Å². The summed E-state index contributed by atoms with van der Waals surface area (Å²) in [5.74, 6) is -0.695. The zero-order valence-corrected chi connectivity index (χ0v) is 13.7. The largest absolute Gasteiger partial charge is 0.481 e. The Hall–Kier alpha value is -1.39. The van der Waals surface area contributed by atoms with Crippen LogP contribution in [0.4, 0.5) is 0 Å². The number of carboxylic acids is 1. The SMILES string of the molecule is CC1CC(N(C)CCCC(=O)O)CCN1Cc1ccccc1. The molecule has 0 bridgehead atoms. The Morgan fingerprint density at radius 3 is 2.73 bits per heavy atom. The molecular formula is C18H28N2O2. The molecule has 2 atom stereocenters. The maximum absolute atomic E-state index is 10.6. The molecule has 4 nitrogen and oxygen atoms in total. The fraction of sp³-hybridized carbons (Fsp3) is 0.611. The highest BCUT2D eigenvalue weighted by molar-refractivity contribution is 5.66. The van der Waals surface area contributed by atoms with Crippen LogP contribution in [0.15, 0.2) is 30.3 Å². The highest BCUT2D eigenvalue weighted by Gasteiger charge is 2.27. The second-order valence-electron chi connectivity index (χ2n) is 6.46. The van der Waals surface area contributed by atoms with Gasteiger partial charge in [0.1, 0.15) is 0 Å². The first-order valence-corrected chi connectivity index (χ1v) is 8.26. The van der Waals surface area contributed by atoms with Crippen LogP contribution in [0.2, 0.25) is 0 Å². The lowest BCUT2D eigenvalue weighted by Crippen LogP contribution is -2.47. The molecule has 1 aliphatic heterocycles. The summed E-state index contributed by atoms with van der Waals surface area (Å²) in [5, 5.41) is 8.73. The summed E-state index contributed by atoms with van der Waals surface area (Å²) in [4.78, 5) is 15.5. The normalized spacial score (nSPS) is 22.9. The maximum Gasteiger partial charge on any atom is 0.303 e. The smallest absolute Gasteiger partial charge is 0.303 e. The predicted octanol–water partition coefficient (Wildman–Crippen LogP) is 2.84. The number of aliphatic carboxylic acids is 1. The van der Waals surface area contributed by atoms with Gasteiger partial charge in [0, 0.05) is 31.6 Å². The van der Waals surface area contributed by atoms with Crippen molar-refractivity contribution in [3.05, 3.63) is 35.9 Å². The van der Waals surface area contributed by atoms with Crippen LogP contribution in [0.1, 0.15) is 38.2 Å². The monoisotopic (exact) mass is 304 g/mol. The maximum atomic E-state index is 10.6. The van der Waals surface area contributed by atoms with Crippen molar-refractivity contribution in [2.45, 2.75) is 51.2 Å². The van der Waals surface area contributed by atoms with E-state index in [9.17, 15) is 4.79 Å². The molecule has 1 fully saturated rings. The molecule has 4 heteroatoms. The van der Waals surface area contributed by atoms with Crippen LogP contribution in [-0.4, -0.2) is 53.1 Å². The first kappa shape index (κ1) is 17.0. The van der Waals surface area contributed by atoms with Crippen molar-refractivity contribution < 1.29 is 9.90 Å². The molecule has 2 unspecified atom stereocenters. The fourth-order valence-corrected chi connectivity index (χ4v) is 3.31. The van der Waals surface area contributed by atoms with Crippen molar-refractivity contribution in [3.63, 3.8) is 0 Å². The summed E-state index contributed by atoms with van der Waals surface area (Å²) >= 11 is 0. The number of carbonyl (C=O) groups is 1. The minimum atomic E-state index is -0.695. The van der Waals surface area contributed by atoms with Crippen LogP contribution in [-0.2, 0) is 11.3 Å². The van der Waals surface area contributed by atoms with Gasteiger partial charge in [-0.2, -0.15) is 0 Å². The molecule has 0 radical (unpaired) electrons. The van der Waals surface area contributed by atoms with Gasteiger partial charge in [-0.05, 0) is 45.3 Å². The van der Waals surface area contributed by atoms with E-state index in [1.165, 1.54) is 12.0 Å². The number of rotatable bonds is 7. The molecule has 1 aliphatic rings. The van der Waals surface area contributed by atoms with Gasteiger partial charge < -0.3 is 10.0 Å². The lowest BCUT2D eigenvalue weighted by atomic mass is 9.96. The second-order valence-corrected chi connectivity index (χ2v) is 6.46. The minimum absolute atomic E-state index is 0.271. The summed E-state index contributed by atoms with van der Waals surface area (Å²) in [6.07, 6.45) is 3.34. The number of carboxylic acid groups (broad SMARTS) is 1. The van der Waals surface area contributed by atoms with E-state index in [2.05, 4.69) is 54.1 Å². The Balaban J connectivity index is 1.78. The summed E-state index contributed by atoms with van der Waals surface area (Å²) < 4.78 is 0. The molecule has 0 aromatic heterocycles.